The van der Waals surface area contributed by atoms with Gasteiger partial charge in [-0.15, -0.1) is 5.10 Å². The quantitative estimate of drug-likeness (QED) is 0.344. The first-order chi connectivity index (χ1) is 14.4. The number of hydrogen-bond acceptors (Lipinski definition) is 3. The predicted octanol–water partition coefficient (Wildman–Crippen LogP) is 6.56. The lowest BCUT2D eigenvalue weighted by Crippen LogP contribution is -2.14. The van der Waals surface area contributed by atoms with Crippen molar-refractivity contribution in [3.05, 3.63) is 92.6 Å². The molecule has 0 aliphatic carbocycles. The van der Waals surface area contributed by atoms with Gasteiger partial charge in [0.25, 0.3) is 5.91 Å². The lowest BCUT2D eigenvalue weighted by atomic mass is 10.2. The van der Waals surface area contributed by atoms with Crippen LogP contribution in [0.3, 0.4) is 0 Å². The van der Waals surface area contributed by atoms with Gasteiger partial charge in [0, 0.05) is 15.1 Å². The van der Waals surface area contributed by atoms with Crippen LogP contribution in [0, 0.1) is 6.92 Å². The molecule has 3 aromatic carbocycles. The molecule has 0 spiro atoms. The Labute approximate surface area is 191 Å². The van der Waals surface area contributed by atoms with Crippen LogP contribution in [0.1, 0.15) is 16.2 Å². The van der Waals surface area contributed by atoms with E-state index >= 15 is 0 Å². The summed E-state index contributed by atoms with van der Waals surface area (Å²) in [7, 11) is 0. The lowest BCUT2D eigenvalue weighted by molar-refractivity contribution is 0.101. The van der Waals surface area contributed by atoms with E-state index in [1.54, 1.807) is 35.0 Å². The fourth-order valence-corrected chi connectivity index (χ4v) is 3.45. The number of amides is 1. The number of carbonyl (C=O) groups is 1. The van der Waals surface area contributed by atoms with Crippen molar-refractivity contribution >= 4 is 50.7 Å². The molecule has 1 aromatic heterocycles. The van der Waals surface area contributed by atoms with Crippen LogP contribution in [-0.2, 0) is 0 Å². The average Bonchev–Trinajstić information content (AvgIpc) is 3.18. The first kappa shape index (κ1) is 20.6. The minimum atomic E-state index is -0.460. The van der Waals surface area contributed by atoms with Crippen molar-refractivity contribution in [2.45, 2.75) is 6.92 Å². The van der Waals surface area contributed by atoms with Gasteiger partial charge in [-0.05, 0) is 48.9 Å². The smallest absolute Gasteiger partial charge is 0.295 e. The normalized spacial score (nSPS) is 10.8. The summed E-state index contributed by atoms with van der Waals surface area (Å²) >= 11 is 15.9. The number of aryl methyl sites for hydroxylation is 1. The standard InChI is InChI=1S/C22H15BrCl2N4O/c1-13-6-11-16(12-18(13)25)29-21(14-7-9-15(23)10-8-14)27-20(28-29)22(30)26-19-5-3-2-4-17(19)24/h2-12H,1H3,(H,26,30). The third-order valence-electron chi connectivity index (χ3n) is 4.43. The number of para-hydroxylation sites is 1. The van der Waals surface area contributed by atoms with Crippen molar-refractivity contribution < 1.29 is 4.79 Å². The molecule has 1 amide bonds. The number of nitrogens with one attached hydrogen (secondary N) is 1. The van der Waals surface area contributed by atoms with Gasteiger partial charge in [-0.25, -0.2) is 9.67 Å². The molecular formula is C22H15BrCl2N4O. The molecule has 0 saturated heterocycles. The number of benzene rings is 3. The summed E-state index contributed by atoms with van der Waals surface area (Å²) in [6.07, 6.45) is 0. The van der Waals surface area contributed by atoms with Gasteiger partial charge in [-0.2, -0.15) is 0 Å². The fraction of sp³-hybridized carbons (Fsp3) is 0.0455. The zero-order valence-electron chi connectivity index (χ0n) is 15.7. The van der Waals surface area contributed by atoms with Gasteiger partial charge in [0.05, 0.1) is 16.4 Å². The van der Waals surface area contributed by atoms with Gasteiger partial charge in [-0.3, -0.25) is 4.79 Å². The van der Waals surface area contributed by atoms with Crippen molar-refractivity contribution in [3.63, 3.8) is 0 Å². The maximum atomic E-state index is 12.8. The molecule has 0 fully saturated rings. The average molecular weight is 502 g/mol. The van der Waals surface area contributed by atoms with Crippen LogP contribution in [0.4, 0.5) is 5.69 Å². The van der Waals surface area contributed by atoms with Crippen LogP contribution in [0.15, 0.2) is 71.2 Å². The van der Waals surface area contributed by atoms with Crippen LogP contribution in [0.2, 0.25) is 10.0 Å². The fourth-order valence-electron chi connectivity index (χ4n) is 2.83. The van der Waals surface area contributed by atoms with Crippen molar-refractivity contribution in [2.24, 2.45) is 0 Å². The van der Waals surface area contributed by atoms with Crippen LogP contribution in [-0.4, -0.2) is 20.7 Å². The summed E-state index contributed by atoms with van der Waals surface area (Å²) < 4.78 is 2.54. The van der Waals surface area contributed by atoms with Gasteiger partial charge < -0.3 is 5.32 Å². The second kappa shape index (κ2) is 8.60. The molecule has 1 N–H and O–H groups in total. The zero-order chi connectivity index (χ0) is 21.3. The Morgan fingerprint density at radius 3 is 2.43 bits per heavy atom. The van der Waals surface area contributed by atoms with Crippen molar-refractivity contribution in [3.8, 4) is 17.1 Å². The lowest BCUT2D eigenvalue weighted by Gasteiger charge is -2.08. The zero-order valence-corrected chi connectivity index (χ0v) is 18.8. The van der Waals surface area contributed by atoms with E-state index < -0.39 is 5.91 Å². The van der Waals surface area contributed by atoms with Crippen LogP contribution in [0.5, 0.6) is 0 Å². The molecule has 0 unspecified atom stereocenters. The molecule has 4 aromatic rings. The van der Waals surface area contributed by atoms with E-state index in [4.69, 9.17) is 23.2 Å². The van der Waals surface area contributed by atoms with E-state index in [9.17, 15) is 4.79 Å². The highest BCUT2D eigenvalue weighted by Gasteiger charge is 2.20. The maximum Gasteiger partial charge on any atom is 0.295 e. The summed E-state index contributed by atoms with van der Waals surface area (Å²) in [5.41, 5.74) is 2.94. The largest absolute Gasteiger partial charge is 0.318 e. The highest BCUT2D eigenvalue weighted by Crippen LogP contribution is 2.26. The van der Waals surface area contributed by atoms with E-state index in [-0.39, 0.29) is 5.82 Å². The van der Waals surface area contributed by atoms with Gasteiger partial charge >= 0.3 is 0 Å². The van der Waals surface area contributed by atoms with E-state index in [1.807, 2.05) is 43.3 Å². The van der Waals surface area contributed by atoms with E-state index in [0.29, 0.717) is 27.2 Å². The number of carbonyl (C=O) groups excluding carboxylic acids is 1. The summed E-state index contributed by atoms with van der Waals surface area (Å²) in [5.74, 6) is 0.0784. The Hall–Kier alpha value is -2.67. The third-order valence-corrected chi connectivity index (χ3v) is 5.70. The molecule has 5 nitrogen and oxygen atoms in total. The number of rotatable bonds is 4. The number of halogens is 3. The van der Waals surface area contributed by atoms with Crippen molar-refractivity contribution in [1.82, 2.24) is 14.8 Å². The summed E-state index contributed by atoms with van der Waals surface area (Å²) in [5, 5.41) is 8.25. The Morgan fingerprint density at radius 2 is 1.73 bits per heavy atom. The number of nitrogens with zero attached hydrogens (tertiary/aromatic N) is 3. The Balaban J connectivity index is 1.79. The minimum absolute atomic E-state index is 0.0181. The summed E-state index contributed by atoms with van der Waals surface area (Å²) in [6.45, 7) is 1.92. The molecule has 0 atom stereocenters. The third kappa shape index (κ3) is 4.26. The molecule has 30 heavy (non-hydrogen) atoms. The second-order valence-electron chi connectivity index (χ2n) is 6.55. The molecular weight excluding hydrogens is 487 g/mol. The van der Waals surface area contributed by atoms with Gasteiger partial charge in [0.15, 0.2) is 5.82 Å². The predicted molar refractivity (Wildman–Crippen MR) is 124 cm³/mol. The molecule has 0 aliphatic rings. The van der Waals surface area contributed by atoms with Crippen LogP contribution < -0.4 is 5.32 Å². The minimum Gasteiger partial charge on any atom is -0.318 e. The molecule has 0 aliphatic heterocycles. The topological polar surface area (TPSA) is 59.8 Å². The van der Waals surface area contributed by atoms with Gasteiger partial charge in [-0.1, -0.05) is 69.5 Å². The molecule has 0 saturated carbocycles. The number of aromatic nitrogens is 3. The summed E-state index contributed by atoms with van der Waals surface area (Å²) in [4.78, 5) is 17.3. The molecule has 1 heterocycles. The van der Waals surface area contributed by atoms with Crippen molar-refractivity contribution in [2.75, 3.05) is 5.32 Å². The number of anilines is 1. The molecule has 150 valence electrons. The van der Waals surface area contributed by atoms with Crippen LogP contribution >= 0.6 is 39.1 Å². The van der Waals surface area contributed by atoms with E-state index in [2.05, 4.69) is 31.3 Å². The number of hydrogen-bond donors (Lipinski definition) is 1. The highest BCUT2D eigenvalue weighted by atomic mass is 79.9. The first-order valence-electron chi connectivity index (χ1n) is 8.98. The molecule has 4 rings (SSSR count). The maximum absolute atomic E-state index is 12.8. The summed E-state index contributed by atoms with van der Waals surface area (Å²) in [6, 6.07) is 20.2. The van der Waals surface area contributed by atoms with Gasteiger partial charge in [0.1, 0.15) is 0 Å². The van der Waals surface area contributed by atoms with Crippen molar-refractivity contribution in [1.29, 1.82) is 0 Å². The SMILES string of the molecule is Cc1ccc(-n2nc(C(=O)Nc3ccccc3Cl)nc2-c2ccc(Br)cc2)cc1Cl. The monoisotopic (exact) mass is 500 g/mol. The second-order valence-corrected chi connectivity index (χ2v) is 8.28. The Morgan fingerprint density at radius 1 is 1.00 bits per heavy atom. The molecule has 0 bridgehead atoms. The molecule has 8 heteroatoms. The first-order valence-corrected chi connectivity index (χ1v) is 10.5. The van der Waals surface area contributed by atoms with E-state index in [1.165, 1.54) is 0 Å². The molecule has 0 radical (unpaired) electrons. The van der Waals surface area contributed by atoms with Crippen LogP contribution in [0.25, 0.3) is 17.1 Å². The van der Waals surface area contributed by atoms with E-state index in [0.717, 1.165) is 15.6 Å². The highest BCUT2D eigenvalue weighted by molar-refractivity contribution is 9.10. The Bertz CT molecular complexity index is 1240. The van der Waals surface area contributed by atoms with Gasteiger partial charge in [0.2, 0.25) is 5.82 Å². The Kier molecular flexibility index (Phi) is 5.90.